The molecule has 1 saturated heterocycles. The lowest BCUT2D eigenvalue weighted by Crippen LogP contribution is -2.33. The second-order valence-corrected chi connectivity index (χ2v) is 5.94. The molecule has 0 bridgehead atoms. The van der Waals surface area contributed by atoms with Crippen molar-refractivity contribution in [1.82, 2.24) is 4.98 Å². The molecule has 1 aliphatic rings. The van der Waals surface area contributed by atoms with E-state index in [0.29, 0.717) is 18.6 Å². The van der Waals surface area contributed by atoms with Crippen molar-refractivity contribution in [2.75, 3.05) is 18.0 Å². The fraction of sp³-hybridized carbons (Fsp3) is 0.200. The summed E-state index contributed by atoms with van der Waals surface area (Å²) in [6.45, 7) is 1.59. The first kappa shape index (κ1) is 13.9. The van der Waals surface area contributed by atoms with Gasteiger partial charge in [0.05, 0.1) is 11.2 Å². The number of carbonyl (C=O) groups is 1. The predicted octanol–water partition coefficient (Wildman–Crippen LogP) is 4.07. The van der Waals surface area contributed by atoms with Gasteiger partial charge in [-0.1, -0.05) is 48.5 Å². The number of hydrogen-bond acceptors (Lipinski definition) is 3. The maximum Gasteiger partial charge on any atom is 0.136 e. The van der Waals surface area contributed by atoms with Gasteiger partial charge in [-0.15, -0.1) is 0 Å². The Labute approximate surface area is 135 Å². The van der Waals surface area contributed by atoms with Crippen molar-refractivity contribution in [3.8, 4) is 11.3 Å². The van der Waals surface area contributed by atoms with Crippen LogP contribution in [0.25, 0.3) is 22.2 Å². The first-order valence-corrected chi connectivity index (χ1v) is 8.03. The number of carbonyl (C=O) groups excluding carboxylic acids is 1. The summed E-state index contributed by atoms with van der Waals surface area (Å²) in [5.74, 6) is 0.364. The van der Waals surface area contributed by atoms with Crippen LogP contribution in [-0.4, -0.2) is 23.9 Å². The number of para-hydroxylation sites is 1. The van der Waals surface area contributed by atoms with Crippen molar-refractivity contribution in [1.29, 1.82) is 0 Å². The minimum absolute atomic E-state index is 0.364. The van der Waals surface area contributed by atoms with Crippen molar-refractivity contribution in [2.45, 2.75) is 12.8 Å². The highest BCUT2D eigenvalue weighted by Crippen LogP contribution is 2.32. The van der Waals surface area contributed by atoms with E-state index in [1.54, 1.807) is 0 Å². The topological polar surface area (TPSA) is 33.2 Å². The van der Waals surface area contributed by atoms with Crippen LogP contribution in [0.4, 0.5) is 5.69 Å². The number of ketones is 1. The van der Waals surface area contributed by atoms with Crippen LogP contribution in [0.2, 0.25) is 0 Å². The predicted molar refractivity (Wildman–Crippen MR) is 93.6 cm³/mol. The van der Waals surface area contributed by atoms with Crippen molar-refractivity contribution < 1.29 is 4.79 Å². The molecule has 2 aromatic carbocycles. The number of hydrogen-bond donors (Lipinski definition) is 0. The van der Waals surface area contributed by atoms with Crippen LogP contribution in [-0.2, 0) is 4.79 Å². The number of anilines is 1. The van der Waals surface area contributed by atoms with Crippen LogP contribution in [0, 0.1) is 0 Å². The molecule has 4 rings (SSSR count). The maximum absolute atomic E-state index is 11.6. The molecule has 23 heavy (non-hydrogen) atoms. The molecule has 0 N–H and O–H groups in total. The number of pyridine rings is 1. The molecule has 0 aliphatic carbocycles. The minimum Gasteiger partial charge on any atom is -0.370 e. The van der Waals surface area contributed by atoms with Crippen LogP contribution in [0.1, 0.15) is 12.8 Å². The molecule has 1 aliphatic heterocycles. The summed E-state index contributed by atoms with van der Waals surface area (Å²) in [6.07, 6.45) is 1.27. The molecular formula is C20H18N2O. The van der Waals surface area contributed by atoms with Gasteiger partial charge in [-0.05, 0) is 12.1 Å². The third-order valence-corrected chi connectivity index (χ3v) is 4.43. The summed E-state index contributed by atoms with van der Waals surface area (Å²) in [5.41, 5.74) is 4.28. The third kappa shape index (κ3) is 2.70. The Morgan fingerprint density at radius 3 is 2.35 bits per heavy atom. The lowest BCUT2D eigenvalue weighted by molar-refractivity contribution is -0.119. The highest BCUT2D eigenvalue weighted by molar-refractivity contribution is 5.95. The Balaban J connectivity index is 1.86. The fourth-order valence-corrected chi connectivity index (χ4v) is 3.17. The molecule has 2 heterocycles. The molecule has 0 saturated carbocycles. The third-order valence-electron chi connectivity index (χ3n) is 4.43. The highest BCUT2D eigenvalue weighted by atomic mass is 16.1. The Kier molecular flexibility index (Phi) is 3.54. The smallest absolute Gasteiger partial charge is 0.136 e. The summed E-state index contributed by atoms with van der Waals surface area (Å²) in [7, 11) is 0. The molecule has 0 unspecified atom stereocenters. The molecule has 0 spiro atoms. The summed E-state index contributed by atoms with van der Waals surface area (Å²) in [4.78, 5) is 18.7. The molecule has 0 radical (unpaired) electrons. The van der Waals surface area contributed by atoms with E-state index in [2.05, 4.69) is 35.2 Å². The molecule has 3 nitrogen and oxygen atoms in total. The van der Waals surface area contributed by atoms with Crippen molar-refractivity contribution in [2.24, 2.45) is 0 Å². The Bertz CT molecular complexity index is 848. The van der Waals surface area contributed by atoms with E-state index in [4.69, 9.17) is 4.98 Å². The largest absolute Gasteiger partial charge is 0.370 e. The Morgan fingerprint density at radius 2 is 1.57 bits per heavy atom. The average molecular weight is 302 g/mol. The molecule has 3 heteroatoms. The second kappa shape index (κ2) is 5.84. The number of benzene rings is 2. The average Bonchev–Trinajstić information content (AvgIpc) is 2.62. The van der Waals surface area contributed by atoms with E-state index >= 15 is 0 Å². The number of piperidine rings is 1. The molecule has 3 aromatic rings. The summed E-state index contributed by atoms with van der Waals surface area (Å²) < 4.78 is 0. The van der Waals surface area contributed by atoms with Gasteiger partial charge in [-0.3, -0.25) is 4.79 Å². The van der Waals surface area contributed by atoms with Gasteiger partial charge >= 0.3 is 0 Å². The zero-order valence-corrected chi connectivity index (χ0v) is 12.9. The molecule has 1 aromatic heterocycles. The van der Waals surface area contributed by atoms with Crippen LogP contribution in [0.15, 0.2) is 60.7 Å². The van der Waals surface area contributed by atoms with E-state index in [1.165, 1.54) is 5.69 Å². The van der Waals surface area contributed by atoms with E-state index < -0.39 is 0 Å². The van der Waals surface area contributed by atoms with Crippen LogP contribution in [0.3, 0.4) is 0 Å². The van der Waals surface area contributed by atoms with Crippen LogP contribution in [0.5, 0.6) is 0 Å². The summed E-state index contributed by atoms with van der Waals surface area (Å²) in [6, 6.07) is 20.6. The zero-order valence-electron chi connectivity index (χ0n) is 12.9. The summed E-state index contributed by atoms with van der Waals surface area (Å²) in [5, 5.41) is 1.15. The molecule has 114 valence electrons. The van der Waals surface area contributed by atoms with Crippen molar-refractivity contribution >= 4 is 22.4 Å². The monoisotopic (exact) mass is 302 g/mol. The Hall–Kier alpha value is -2.68. The highest BCUT2D eigenvalue weighted by Gasteiger charge is 2.19. The van der Waals surface area contributed by atoms with Gasteiger partial charge in [0.2, 0.25) is 0 Å². The number of Topliss-reactive ketones (excluding diaryl/α,β-unsaturated/α-hetero) is 1. The lowest BCUT2D eigenvalue weighted by atomic mass is 10.0. The number of rotatable bonds is 2. The number of nitrogens with zero attached hydrogens (tertiary/aromatic N) is 2. The van der Waals surface area contributed by atoms with E-state index in [-0.39, 0.29) is 0 Å². The minimum atomic E-state index is 0.364. The molecule has 0 atom stereocenters. The van der Waals surface area contributed by atoms with E-state index in [1.807, 2.05) is 30.3 Å². The van der Waals surface area contributed by atoms with E-state index in [9.17, 15) is 4.79 Å². The van der Waals surface area contributed by atoms with Gasteiger partial charge in [0.25, 0.3) is 0 Å². The van der Waals surface area contributed by atoms with Gasteiger partial charge in [-0.2, -0.15) is 0 Å². The van der Waals surface area contributed by atoms with Crippen LogP contribution >= 0.6 is 0 Å². The number of aromatic nitrogens is 1. The summed E-state index contributed by atoms with van der Waals surface area (Å²) >= 11 is 0. The van der Waals surface area contributed by atoms with Gasteiger partial charge < -0.3 is 4.90 Å². The van der Waals surface area contributed by atoms with E-state index in [0.717, 1.165) is 35.2 Å². The maximum atomic E-state index is 11.6. The molecule has 0 amide bonds. The van der Waals surface area contributed by atoms with Gasteiger partial charge in [0.15, 0.2) is 0 Å². The van der Waals surface area contributed by atoms with Gasteiger partial charge in [-0.25, -0.2) is 4.98 Å². The van der Waals surface area contributed by atoms with Crippen molar-refractivity contribution in [3.63, 3.8) is 0 Å². The van der Waals surface area contributed by atoms with Gasteiger partial charge in [0, 0.05) is 42.6 Å². The first-order valence-electron chi connectivity index (χ1n) is 8.03. The first-order chi connectivity index (χ1) is 11.3. The zero-order chi connectivity index (χ0) is 15.6. The quantitative estimate of drug-likeness (QED) is 0.715. The second-order valence-electron chi connectivity index (χ2n) is 5.94. The standard InChI is InChI=1S/C20H18N2O/c23-16-10-12-22(13-11-16)20-14-19(15-6-2-1-3-7-15)21-18-9-5-4-8-17(18)20/h1-9,14H,10-13H2. The normalized spacial score (nSPS) is 15.1. The SMILES string of the molecule is O=C1CCN(c2cc(-c3ccccc3)nc3ccccc23)CC1. The lowest BCUT2D eigenvalue weighted by Gasteiger charge is -2.29. The fourth-order valence-electron chi connectivity index (χ4n) is 3.17. The number of fused-ring (bicyclic) bond motifs is 1. The Morgan fingerprint density at radius 1 is 0.870 bits per heavy atom. The van der Waals surface area contributed by atoms with Crippen LogP contribution < -0.4 is 4.90 Å². The molecular weight excluding hydrogens is 284 g/mol. The van der Waals surface area contributed by atoms with Gasteiger partial charge in [0.1, 0.15) is 5.78 Å². The molecule has 1 fully saturated rings. The van der Waals surface area contributed by atoms with Crippen molar-refractivity contribution in [3.05, 3.63) is 60.7 Å².